The number of amides is 4. The third-order valence-corrected chi connectivity index (χ3v) is 11.9. The Balaban J connectivity index is 1.33. The van der Waals surface area contributed by atoms with Crippen LogP contribution < -0.4 is 10.3 Å². The quantitative estimate of drug-likeness (QED) is 0.159. The van der Waals surface area contributed by atoms with Crippen LogP contribution in [-0.4, -0.2) is 33.7 Å². The van der Waals surface area contributed by atoms with Crippen molar-refractivity contribution < 1.29 is 28.7 Å². The molecule has 3 fully saturated rings. The lowest BCUT2D eigenvalue weighted by Crippen LogP contribution is -2.53. The first-order valence-electron chi connectivity index (χ1n) is 16.4. The van der Waals surface area contributed by atoms with E-state index < -0.39 is 58.5 Å². The van der Waals surface area contributed by atoms with Crippen molar-refractivity contribution in [3.05, 3.63) is 134 Å². The number of hydrogen-bond donors (Lipinski definition) is 2. The Kier molecular flexibility index (Phi) is 8.01. The minimum absolute atomic E-state index is 0.0428. The number of nitrogens with one attached hydrogen (secondary N) is 1. The van der Waals surface area contributed by atoms with Gasteiger partial charge >= 0.3 is 0 Å². The van der Waals surface area contributed by atoms with Crippen molar-refractivity contribution >= 4 is 69.8 Å². The maximum absolute atomic E-state index is 15.2. The molecule has 1 saturated carbocycles. The Morgan fingerprint density at radius 2 is 1.53 bits per heavy atom. The number of imide groups is 2. The van der Waals surface area contributed by atoms with Crippen molar-refractivity contribution in [2.45, 2.75) is 31.1 Å². The summed E-state index contributed by atoms with van der Waals surface area (Å²) < 4.78 is 13.8. The predicted octanol–water partition coefficient (Wildman–Crippen LogP) is 7.99. The number of phenolic OH excluding ortho intramolecular Hbond substituents is 1. The molecule has 4 aromatic carbocycles. The zero-order valence-corrected chi connectivity index (χ0v) is 29.2. The molecule has 0 spiro atoms. The number of aromatic hydroxyl groups is 1. The fraction of sp³-hybridized carbons (Fsp3) is 0.231. The number of phenols is 1. The molecular weight excluding hydrogens is 716 g/mol. The SMILES string of the molecule is Cc1ccc(N2C(=O)[C@H]3[C@H](CC=C4[C@H]3C[C@H]3C(=O)N(Nc5ccc(F)cc5)C(=O)[C@@]3(c3ccc(Cl)cc3)[C@H]4c3cc(Cl)ccc3O)C2=O)cc1Cl. The second-order valence-electron chi connectivity index (χ2n) is 13.5. The standard InChI is InChI=1S/C39H29Cl3FN3O5/c1-19-2-12-25(17-31(19)42)45-35(48)27-14-13-26-28(33(27)37(45)50)18-30-36(49)46(44-24-10-8-23(43)9-11-24)38(51)39(30,20-3-5-21(40)6-4-20)34(26)29-16-22(41)7-15-32(29)47/h2-13,15-17,27-28,30,33-34,44,47H,14,18H2,1H3/t27-,28+,30-,33-,34+,39+/m0/s1. The Labute approximate surface area is 307 Å². The van der Waals surface area contributed by atoms with Gasteiger partial charge in [-0.2, -0.15) is 5.01 Å². The number of hydrogen-bond acceptors (Lipinski definition) is 6. The molecule has 0 unspecified atom stereocenters. The van der Waals surface area contributed by atoms with Crippen LogP contribution in [-0.2, 0) is 24.6 Å². The van der Waals surface area contributed by atoms with E-state index in [9.17, 15) is 23.9 Å². The minimum Gasteiger partial charge on any atom is -0.508 e. The van der Waals surface area contributed by atoms with E-state index >= 15 is 4.79 Å². The van der Waals surface area contributed by atoms with E-state index in [0.29, 0.717) is 38.1 Å². The average molecular weight is 745 g/mol. The normalized spacial score (nSPS) is 26.9. The molecule has 8 rings (SSSR count). The van der Waals surface area contributed by atoms with Gasteiger partial charge in [-0.3, -0.25) is 24.6 Å². The number of anilines is 2. The van der Waals surface area contributed by atoms with Crippen LogP contribution in [0.5, 0.6) is 5.75 Å². The smallest absolute Gasteiger partial charge is 0.260 e. The number of carbonyl (C=O) groups is 4. The zero-order chi connectivity index (χ0) is 35.9. The number of rotatable bonds is 5. The molecule has 258 valence electrons. The van der Waals surface area contributed by atoms with E-state index in [-0.39, 0.29) is 29.5 Å². The van der Waals surface area contributed by atoms with E-state index in [1.54, 1.807) is 48.5 Å². The monoisotopic (exact) mass is 743 g/mol. The summed E-state index contributed by atoms with van der Waals surface area (Å²) in [6.45, 7) is 1.82. The lowest BCUT2D eigenvalue weighted by atomic mass is 9.49. The second-order valence-corrected chi connectivity index (χ2v) is 14.8. The number of allylic oxidation sites excluding steroid dienone is 2. The highest BCUT2D eigenvalue weighted by Crippen LogP contribution is 2.65. The molecule has 51 heavy (non-hydrogen) atoms. The fourth-order valence-corrected chi connectivity index (χ4v) is 9.21. The summed E-state index contributed by atoms with van der Waals surface area (Å²) in [7, 11) is 0. The van der Waals surface area contributed by atoms with Gasteiger partial charge in [0.1, 0.15) is 11.6 Å². The summed E-state index contributed by atoms with van der Waals surface area (Å²) in [6.07, 6.45) is 2.12. The predicted molar refractivity (Wildman–Crippen MR) is 191 cm³/mol. The van der Waals surface area contributed by atoms with Gasteiger partial charge < -0.3 is 5.11 Å². The van der Waals surface area contributed by atoms with Crippen LogP contribution in [0.3, 0.4) is 0 Å². The molecule has 2 heterocycles. The molecule has 2 saturated heterocycles. The molecule has 2 aliphatic carbocycles. The molecule has 0 aromatic heterocycles. The maximum Gasteiger partial charge on any atom is 0.260 e. The number of hydrazine groups is 1. The van der Waals surface area contributed by atoms with Crippen LogP contribution in [0.1, 0.15) is 35.4 Å². The van der Waals surface area contributed by atoms with Gasteiger partial charge in [-0.05, 0) is 104 Å². The van der Waals surface area contributed by atoms with Crippen molar-refractivity contribution in [3.63, 3.8) is 0 Å². The van der Waals surface area contributed by atoms with E-state index in [4.69, 9.17) is 34.8 Å². The van der Waals surface area contributed by atoms with Crippen LogP contribution in [0, 0.1) is 36.4 Å². The number of fused-ring (bicyclic) bond motifs is 4. The van der Waals surface area contributed by atoms with Gasteiger partial charge in [0.25, 0.3) is 11.8 Å². The van der Waals surface area contributed by atoms with Crippen molar-refractivity contribution in [3.8, 4) is 5.75 Å². The lowest BCUT2D eigenvalue weighted by molar-refractivity contribution is -0.138. The van der Waals surface area contributed by atoms with Gasteiger partial charge in [-0.15, -0.1) is 0 Å². The van der Waals surface area contributed by atoms with Crippen LogP contribution in [0.15, 0.2) is 96.6 Å². The van der Waals surface area contributed by atoms with Gasteiger partial charge in [-0.1, -0.05) is 64.7 Å². The zero-order valence-electron chi connectivity index (χ0n) is 26.9. The summed E-state index contributed by atoms with van der Waals surface area (Å²) in [5.74, 6) is -6.94. The Morgan fingerprint density at radius 3 is 2.24 bits per heavy atom. The van der Waals surface area contributed by atoms with Crippen LogP contribution in [0.4, 0.5) is 15.8 Å². The molecule has 8 nitrogen and oxygen atoms in total. The number of halogens is 4. The number of nitrogens with zero attached hydrogens (tertiary/aromatic N) is 2. The average Bonchev–Trinajstić information content (AvgIpc) is 3.49. The first kappa shape index (κ1) is 33.4. The van der Waals surface area contributed by atoms with Crippen LogP contribution in [0.25, 0.3) is 0 Å². The van der Waals surface area contributed by atoms with E-state index in [0.717, 1.165) is 10.6 Å². The molecule has 12 heteroatoms. The molecule has 4 amide bonds. The molecule has 6 atom stereocenters. The molecule has 2 aliphatic heterocycles. The van der Waals surface area contributed by atoms with Crippen LogP contribution >= 0.6 is 34.8 Å². The molecule has 0 radical (unpaired) electrons. The van der Waals surface area contributed by atoms with Crippen molar-refractivity contribution in [2.75, 3.05) is 10.3 Å². The van der Waals surface area contributed by atoms with E-state index in [1.165, 1.54) is 41.3 Å². The van der Waals surface area contributed by atoms with Crippen molar-refractivity contribution in [2.24, 2.45) is 23.7 Å². The number of carbonyl (C=O) groups excluding carboxylic acids is 4. The van der Waals surface area contributed by atoms with Crippen molar-refractivity contribution in [1.82, 2.24) is 5.01 Å². The van der Waals surface area contributed by atoms with Gasteiger partial charge in [0.2, 0.25) is 11.8 Å². The van der Waals surface area contributed by atoms with Gasteiger partial charge in [0, 0.05) is 26.5 Å². The Morgan fingerprint density at radius 1 is 0.824 bits per heavy atom. The summed E-state index contributed by atoms with van der Waals surface area (Å²) in [5.41, 5.74) is 4.10. The third kappa shape index (κ3) is 5.00. The number of benzene rings is 4. The highest BCUT2D eigenvalue weighted by molar-refractivity contribution is 6.32. The van der Waals surface area contributed by atoms with E-state index in [1.807, 2.05) is 13.0 Å². The molecule has 4 aromatic rings. The second kappa shape index (κ2) is 12.2. The summed E-state index contributed by atoms with van der Waals surface area (Å²) in [4.78, 5) is 59.5. The topological polar surface area (TPSA) is 107 Å². The summed E-state index contributed by atoms with van der Waals surface area (Å²) >= 11 is 19.3. The molecule has 4 aliphatic rings. The van der Waals surface area contributed by atoms with Crippen LogP contribution in [0.2, 0.25) is 15.1 Å². The largest absolute Gasteiger partial charge is 0.508 e. The van der Waals surface area contributed by atoms with Gasteiger partial charge in [-0.25, -0.2) is 9.29 Å². The van der Waals surface area contributed by atoms with Gasteiger partial charge in [0.15, 0.2) is 0 Å². The molecular formula is C39H29Cl3FN3O5. The Hall–Kier alpha value is -4.70. The molecule has 2 N–H and O–H groups in total. The fourth-order valence-electron chi connectivity index (χ4n) is 8.73. The minimum atomic E-state index is -1.65. The summed E-state index contributed by atoms with van der Waals surface area (Å²) in [5, 5.41) is 13.5. The lowest BCUT2D eigenvalue weighted by Gasteiger charge is -2.50. The van der Waals surface area contributed by atoms with Crippen molar-refractivity contribution in [1.29, 1.82) is 0 Å². The first-order valence-corrected chi connectivity index (χ1v) is 17.5. The van der Waals surface area contributed by atoms with Gasteiger partial charge in [0.05, 0.1) is 34.5 Å². The first-order chi connectivity index (χ1) is 24.4. The third-order valence-electron chi connectivity index (χ3n) is 11.0. The Bertz CT molecular complexity index is 2190. The maximum atomic E-state index is 15.2. The summed E-state index contributed by atoms with van der Waals surface area (Å²) in [6, 6.07) is 21.4. The molecule has 0 bridgehead atoms. The van der Waals surface area contributed by atoms with E-state index in [2.05, 4.69) is 5.43 Å². The highest BCUT2D eigenvalue weighted by Gasteiger charge is 2.70. The highest BCUT2D eigenvalue weighted by atomic mass is 35.5. The number of aryl methyl sites for hydroxylation is 1.